The lowest BCUT2D eigenvalue weighted by Crippen LogP contribution is -2.48. The summed E-state index contributed by atoms with van der Waals surface area (Å²) in [6, 6.07) is 6.10. The summed E-state index contributed by atoms with van der Waals surface area (Å²) in [5.74, 6) is -1.16. The Morgan fingerprint density at radius 1 is 1.17 bits per heavy atom. The number of benzene rings is 1. The predicted molar refractivity (Wildman–Crippen MR) is 86.4 cm³/mol. The maximum absolute atomic E-state index is 11.9. The van der Waals surface area contributed by atoms with Crippen molar-refractivity contribution in [3.8, 4) is 0 Å². The first-order valence-corrected chi connectivity index (χ1v) is 7.29. The summed E-state index contributed by atoms with van der Waals surface area (Å²) in [7, 11) is 2.47. The molecule has 0 bridgehead atoms. The van der Waals surface area contributed by atoms with Crippen LogP contribution in [0.15, 0.2) is 30.5 Å². The molecule has 128 valence electrons. The van der Waals surface area contributed by atoms with E-state index >= 15 is 0 Å². The normalized spacial score (nSPS) is 11.6. The lowest BCUT2D eigenvalue weighted by molar-refractivity contribution is -0.142. The number of para-hydroxylation sites is 1. The Kier molecular flexibility index (Phi) is 5.78. The Morgan fingerprint density at radius 2 is 1.92 bits per heavy atom. The summed E-state index contributed by atoms with van der Waals surface area (Å²) in [6.45, 7) is -0.288. The van der Waals surface area contributed by atoms with Crippen LogP contribution in [-0.2, 0) is 25.5 Å². The van der Waals surface area contributed by atoms with Crippen molar-refractivity contribution in [1.82, 2.24) is 15.6 Å². The molecule has 1 atom stereocenters. The van der Waals surface area contributed by atoms with Crippen molar-refractivity contribution in [2.45, 2.75) is 12.5 Å². The molecule has 2 aromatic rings. The average molecular weight is 333 g/mol. The number of aromatic nitrogens is 1. The van der Waals surface area contributed by atoms with Crippen molar-refractivity contribution >= 4 is 28.9 Å². The van der Waals surface area contributed by atoms with Crippen LogP contribution >= 0.6 is 0 Å². The molecular formula is C16H19N3O5. The number of esters is 2. The zero-order valence-corrected chi connectivity index (χ0v) is 13.4. The number of aromatic amines is 1. The molecule has 8 nitrogen and oxygen atoms in total. The molecule has 0 saturated carbocycles. The van der Waals surface area contributed by atoms with Gasteiger partial charge in [-0.2, -0.15) is 0 Å². The Morgan fingerprint density at radius 3 is 2.62 bits per heavy atom. The van der Waals surface area contributed by atoms with E-state index in [2.05, 4.69) is 20.4 Å². The van der Waals surface area contributed by atoms with Crippen LogP contribution in [0.1, 0.15) is 5.56 Å². The molecule has 0 saturated heterocycles. The Labute approximate surface area is 138 Å². The van der Waals surface area contributed by atoms with Gasteiger partial charge in [-0.15, -0.1) is 0 Å². The molecule has 0 fully saturated rings. The first kappa shape index (κ1) is 17.3. The number of ether oxygens (including phenoxy) is 2. The van der Waals surface area contributed by atoms with E-state index in [9.17, 15) is 14.4 Å². The molecule has 0 aliphatic rings. The Bertz CT molecular complexity index is 740. The highest BCUT2D eigenvalue weighted by Crippen LogP contribution is 2.19. The van der Waals surface area contributed by atoms with Crippen LogP contribution in [0.25, 0.3) is 10.9 Å². The number of hydrogen-bond donors (Lipinski definition) is 3. The number of H-pyrrole nitrogens is 1. The molecule has 1 heterocycles. The maximum atomic E-state index is 11.9. The summed E-state index contributed by atoms with van der Waals surface area (Å²) in [4.78, 5) is 37.9. The van der Waals surface area contributed by atoms with E-state index in [1.165, 1.54) is 14.2 Å². The molecular weight excluding hydrogens is 314 g/mol. The molecule has 3 N–H and O–H groups in total. The molecule has 24 heavy (non-hydrogen) atoms. The van der Waals surface area contributed by atoms with Crippen molar-refractivity contribution < 1.29 is 23.9 Å². The zero-order valence-electron chi connectivity index (χ0n) is 13.4. The second kappa shape index (κ2) is 8.00. The predicted octanol–water partition coefficient (Wildman–Crippen LogP) is 0.724. The van der Waals surface area contributed by atoms with Gasteiger partial charge < -0.3 is 25.1 Å². The van der Waals surface area contributed by atoms with Crippen molar-refractivity contribution in [2.75, 3.05) is 20.8 Å². The summed E-state index contributed by atoms with van der Waals surface area (Å²) >= 11 is 0. The maximum Gasteiger partial charge on any atom is 0.328 e. The van der Waals surface area contributed by atoms with Crippen molar-refractivity contribution in [3.05, 3.63) is 36.0 Å². The molecule has 0 radical (unpaired) electrons. The highest BCUT2D eigenvalue weighted by molar-refractivity contribution is 5.87. The van der Waals surface area contributed by atoms with E-state index in [1.807, 2.05) is 24.3 Å². The molecule has 2 amide bonds. The third-order valence-corrected chi connectivity index (χ3v) is 3.51. The third kappa shape index (κ3) is 4.25. The number of urea groups is 1. The fourth-order valence-electron chi connectivity index (χ4n) is 2.29. The van der Waals surface area contributed by atoms with E-state index in [4.69, 9.17) is 4.74 Å². The van der Waals surface area contributed by atoms with Gasteiger partial charge in [0.05, 0.1) is 14.2 Å². The van der Waals surface area contributed by atoms with Gasteiger partial charge in [-0.1, -0.05) is 18.2 Å². The smallest absolute Gasteiger partial charge is 0.328 e. The van der Waals surface area contributed by atoms with Crippen LogP contribution in [-0.4, -0.2) is 49.8 Å². The average Bonchev–Trinajstić information content (AvgIpc) is 3.01. The van der Waals surface area contributed by atoms with Gasteiger partial charge in [-0.3, -0.25) is 4.79 Å². The van der Waals surface area contributed by atoms with Gasteiger partial charge in [0.15, 0.2) is 0 Å². The molecule has 1 aromatic heterocycles. The summed E-state index contributed by atoms with van der Waals surface area (Å²) in [5, 5.41) is 5.78. The highest BCUT2D eigenvalue weighted by atomic mass is 16.5. The van der Waals surface area contributed by atoms with Crippen LogP contribution in [0, 0.1) is 0 Å². The second-order valence-corrected chi connectivity index (χ2v) is 5.04. The van der Waals surface area contributed by atoms with Crippen LogP contribution in [0.4, 0.5) is 4.79 Å². The first-order valence-electron chi connectivity index (χ1n) is 7.29. The summed E-state index contributed by atoms with van der Waals surface area (Å²) in [6.07, 6.45) is 2.04. The van der Waals surface area contributed by atoms with Gasteiger partial charge in [0.2, 0.25) is 0 Å². The van der Waals surface area contributed by atoms with E-state index < -0.39 is 24.0 Å². The standard InChI is InChI=1S/C16H19N3O5/c1-23-14(20)9-18-16(22)19-13(15(21)24-2)7-10-8-17-12-6-4-3-5-11(10)12/h3-6,8,13,17H,7,9H2,1-2H3,(H2,18,19,22). The molecule has 1 aromatic carbocycles. The van der Waals surface area contributed by atoms with E-state index in [0.717, 1.165) is 16.5 Å². The number of rotatable bonds is 6. The number of amides is 2. The topological polar surface area (TPSA) is 110 Å². The minimum atomic E-state index is -0.883. The zero-order chi connectivity index (χ0) is 17.5. The number of carbonyl (C=O) groups excluding carboxylic acids is 3. The monoisotopic (exact) mass is 333 g/mol. The first-order chi connectivity index (χ1) is 11.5. The molecule has 0 aliphatic heterocycles. The number of methoxy groups -OCH3 is 2. The summed E-state index contributed by atoms with van der Waals surface area (Å²) in [5.41, 5.74) is 1.81. The number of fused-ring (bicyclic) bond motifs is 1. The minimum Gasteiger partial charge on any atom is -0.468 e. The quantitative estimate of drug-likeness (QED) is 0.675. The van der Waals surface area contributed by atoms with Crippen LogP contribution in [0.3, 0.4) is 0 Å². The lowest BCUT2D eigenvalue weighted by atomic mass is 10.1. The van der Waals surface area contributed by atoms with Gasteiger partial charge in [0.25, 0.3) is 0 Å². The summed E-state index contributed by atoms with van der Waals surface area (Å²) < 4.78 is 9.17. The fourth-order valence-corrected chi connectivity index (χ4v) is 2.29. The molecule has 0 spiro atoms. The third-order valence-electron chi connectivity index (χ3n) is 3.51. The van der Waals surface area contributed by atoms with Crippen LogP contribution in [0.2, 0.25) is 0 Å². The van der Waals surface area contributed by atoms with Gasteiger partial charge in [-0.05, 0) is 11.6 Å². The van der Waals surface area contributed by atoms with Crippen molar-refractivity contribution in [2.24, 2.45) is 0 Å². The number of carbonyl (C=O) groups is 3. The Balaban J connectivity index is 2.07. The van der Waals surface area contributed by atoms with Crippen LogP contribution in [0.5, 0.6) is 0 Å². The van der Waals surface area contributed by atoms with Crippen molar-refractivity contribution in [1.29, 1.82) is 0 Å². The SMILES string of the molecule is COC(=O)CNC(=O)NC(Cc1c[nH]c2ccccc12)C(=O)OC. The molecule has 1 unspecified atom stereocenters. The largest absolute Gasteiger partial charge is 0.468 e. The number of hydrogen-bond acceptors (Lipinski definition) is 5. The van der Waals surface area contributed by atoms with Crippen molar-refractivity contribution in [3.63, 3.8) is 0 Å². The van der Waals surface area contributed by atoms with E-state index in [1.54, 1.807) is 6.20 Å². The fraction of sp³-hybridized carbons (Fsp3) is 0.312. The van der Waals surface area contributed by atoms with Gasteiger partial charge in [-0.25, -0.2) is 9.59 Å². The second-order valence-electron chi connectivity index (χ2n) is 5.04. The van der Waals surface area contributed by atoms with Crippen LogP contribution < -0.4 is 10.6 Å². The number of nitrogens with one attached hydrogen (secondary N) is 3. The minimum absolute atomic E-state index is 0.252. The molecule has 0 aliphatic carbocycles. The van der Waals surface area contributed by atoms with Gasteiger partial charge in [0, 0.05) is 23.5 Å². The Hall–Kier alpha value is -3.03. The lowest BCUT2D eigenvalue weighted by Gasteiger charge is -2.16. The van der Waals surface area contributed by atoms with Gasteiger partial charge >= 0.3 is 18.0 Å². The highest BCUT2D eigenvalue weighted by Gasteiger charge is 2.23. The molecule has 2 rings (SSSR count). The van der Waals surface area contributed by atoms with Gasteiger partial charge in [0.1, 0.15) is 12.6 Å². The van der Waals surface area contributed by atoms with E-state index in [0.29, 0.717) is 0 Å². The molecule has 8 heteroatoms. The van der Waals surface area contributed by atoms with E-state index in [-0.39, 0.29) is 13.0 Å².